The molecule has 2 aliphatic rings. The highest BCUT2D eigenvalue weighted by atomic mass is 79.9. The van der Waals surface area contributed by atoms with Crippen LogP contribution in [0.1, 0.15) is 17.9 Å². The normalized spacial score (nSPS) is 29.2. The van der Waals surface area contributed by atoms with Crippen LogP contribution in [0.15, 0.2) is 28.7 Å². The minimum Gasteiger partial charge on any atom is -0.301 e. The lowest BCUT2D eigenvalue weighted by atomic mass is 10.1. The molecule has 1 aromatic carbocycles. The molecule has 1 aromatic rings. The van der Waals surface area contributed by atoms with Crippen LogP contribution in [0.2, 0.25) is 0 Å². The molecule has 3 rings (SSSR count). The van der Waals surface area contributed by atoms with Crippen molar-refractivity contribution in [2.75, 3.05) is 31.1 Å². The molecule has 2 fully saturated rings. The van der Waals surface area contributed by atoms with E-state index in [9.17, 15) is 0 Å². The van der Waals surface area contributed by atoms with Crippen LogP contribution >= 0.6 is 27.7 Å². The third-order valence-electron chi connectivity index (χ3n) is 3.82. The van der Waals surface area contributed by atoms with Gasteiger partial charge in [-0.3, -0.25) is 0 Å². The maximum absolute atomic E-state index is 3.50. The molecule has 0 spiro atoms. The largest absolute Gasteiger partial charge is 0.301 e. The predicted octanol–water partition coefficient (Wildman–Crippen LogP) is 3.60. The molecule has 1 saturated heterocycles. The lowest BCUT2D eigenvalue weighted by molar-refractivity contribution is 0.288. The average Bonchev–Trinajstić information content (AvgIpc) is 3.11. The molecule has 0 bridgehead atoms. The van der Waals surface area contributed by atoms with Crippen LogP contribution in [0, 0.1) is 5.92 Å². The van der Waals surface area contributed by atoms with Crippen molar-refractivity contribution in [3.63, 3.8) is 0 Å². The summed E-state index contributed by atoms with van der Waals surface area (Å²) in [6, 6.07) is 8.89. The van der Waals surface area contributed by atoms with Crippen LogP contribution < -0.4 is 0 Å². The van der Waals surface area contributed by atoms with E-state index in [0.717, 1.165) is 11.8 Å². The Morgan fingerprint density at radius 1 is 1.18 bits per heavy atom. The summed E-state index contributed by atoms with van der Waals surface area (Å²) < 4.78 is 1.19. The Bertz CT molecular complexity index is 372. The molecule has 1 aliphatic heterocycles. The van der Waals surface area contributed by atoms with Gasteiger partial charge in [-0.25, -0.2) is 0 Å². The molecule has 1 heterocycles. The number of rotatable bonds is 3. The van der Waals surface area contributed by atoms with Gasteiger partial charge in [0, 0.05) is 35.6 Å². The number of thioether (sulfide) groups is 1. The van der Waals surface area contributed by atoms with Crippen LogP contribution in [-0.4, -0.2) is 36.0 Å². The van der Waals surface area contributed by atoms with Crippen molar-refractivity contribution >= 4 is 27.7 Å². The molecule has 17 heavy (non-hydrogen) atoms. The molecule has 0 unspecified atom stereocenters. The maximum Gasteiger partial charge on any atom is 0.0175 e. The minimum atomic E-state index is 0.831. The monoisotopic (exact) mass is 311 g/mol. The fraction of sp³-hybridized carbons (Fsp3) is 0.571. The molecule has 0 radical (unpaired) electrons. The zero-order chi connectivity index (χ0) is 11.7. The smallest absolute Gasteiger partial charge is 0.0175 e. The zero-order valence-corrected chi connectivity index (χ0v) is 12.3. The second-order valence-electron chi connectivity index (χ2n) is 5.07. The first-order valence-electron chi connectivity index (χ1n) is 6.38. The summed E-state index contributed by atoms with van der Waals surface area (Å²) in [5.74, 6) is 4.41. The summed E-state index contributed by atoms with van der Waals surface area (Å²) in [6.45, 7) is 3.92. The first-order valence-corrected chi connectivity index (χ1v) is 8.33. The molecule has 0 aromatic heterocycles. The molecule has 1 saturated carbocycles. The third kappa shape index (κ3) is 3.07. The second kappa shape index (κ2) is 5.33. The second-order valence-corrected chi connectivity index (χ2v) is 7.21. The summed E-state index contributed by atoms with van der Waals surface area (Å²) in [5, 5.41) is 0. The fourth-order valence-electron chi connectivity index (χ4n) is 2.68. The van der Waals surface area contributed by atoms with E-state index in [1.165, 1.54) is 47.6 Å². The lowest BCUT2D eigenvalue weighted by Crippen LogP contribution is -2.34. The fourth-order valence-corrected chi connectivity index (χ4v) is 3.93. The van der Waals surface area contributed by atoms with E-state index >= 15 is 0 Å². The van der Waals surface area contributed by atoms with Crippen LogP contribution in [-0.2, 0) is 0 Å². The summed E-state index contributed by atoms with van der Waals surface area (Å²) in [7, 11) is 0. The van der Waals surface area contributed by atoms with Gasteiger partial charge >= 0.3 is 0 Å². The van der Waals surface area contributed by atoms with E-state index in [2.05, 4.69) is 56.9 Å². The van der Waals surface area contributed by atoms with Crippen molar-refractivity contribution in [3.05, 3.63) is 34.3 Å². The summed E-state index contributed by atoms with van der Waals surface area (Å²) in [4.78, 5) is 2.65. The van der Waals surface area contributed by atoms with Crippen LogP contribution in [0.4, 0.5) is 0 Å². The number of hydrogen-bond acceptors (Lipinski definition) is 2. The van der Waals surface area contributed by atoms with E-state index in [0.29, 0.717) is 0 Å². The molecule has 92 valence electrons. The zero-order valence-electron chi connectivity index (χ0n) is 9.94. The van der Waals surface area contributed by atoms with Gasteiger partial charge in [-0.05, 0) is 36.0 Å². The Morgan fingerprint density at radius 2 is 1.88 bits per heavy atom. The quantitative estimate of drug-likeness (QED) is 0.839. The Kier molecular flexibility index (Phi) is 3.78. The van der Waals surface area contributed by atoms with Crippen molar-refractivity contribution in [2.24, 2.45) is 5.92 Å². The van der Waals surface area contributed by atoms with Crippen molar-refractivity contribution in [1.82, 2.24) is 4.90 Å². The Morgan fingerprint density at radius 3 is 2.59 bits per heavy atom. The van der Waals surface area contributed by atoms with Gasteiger partial charge in [0.25, 0.3) is 0 Å². The van der Waals surface area contributed by atoms with E-state index in [4.69, 9.17) is 0 Å². The van der Waals surface area contributed by atoms with Crippen LogP contribution in [0.5, 0.6) is 0 Å². The standard InChI is InChI=1S/C14H18BrNS/c15-13-3-1-11(2-4-13)14-9-12(14)10-16-5-7-17-8-6-16/h1-4,12,14H,5-10H2/t12-,14+/m0/s1. The van der Waals surface area contributed by atoms with Gasteiger partial charge < -0.3 is 4.90 Å². The number of halogens is 1. The predicted molar refractivity (Wildman–Crippen MR) is 78.8 cm³/mol. The molecule has 3 heteroatoms. The average molecular weight is 312 g/mol. The van der Waals surface area contributed by atoms with E-state index in [-0.39, 0.29) is 0 Å². The van der Waals surface area contributed by atoms with E-state index < -0.39 is 0 Å². The molecule has 1 aliphatic carbocycles. The van der Waals surface area contributed by atoms with E-state index in [1.807, 2.05) is 0 Å². The first kappa shape index (κ1) is 12.1. The van der Waals surface area contributed by atoms with Gasteiger partial charge in [0.05, 0.1) is 0 Å². The van der Waals surface area contributed by atoms with Crippen molar-refractivity contribution in [2.45, 2.75) is 12.3 Å². The topological polar surface area (TPSA) is 3.24 Å². The number of benzene rings is 1. The molecule has 1 nitrogen and oxygen atoms in total. The van der Waals surface area contributed by atoms with E-state index in [1.54, 1.807) is 0 Å². The maximum atomic E-state index is 3.50. The van der Waals surface area contributed by atoms with Gasteiger partial charge in [-0.1, -0.05) is 28.1 Å². The molecular weight excluding hydrogens is 294 g/mol. The molecule has 2 atom stereocenters. The highest BCUT2D eigenvalue weighted by Crippen LogP contribution is 2.48. The third-order valence-corrected chi connectivity index (χ3v) is 5.29. The summed E-state index contributed by atoms with van der Waals surface area (Å²) in [6.07, 6.45) is 1.39. The molecular formula is C14H18BrNS. The van der Waals surface area contributed by atoms with Crippen molar-refractivity contribution in [3.8, 4) is 0 Å². The Balaban J connectivity index is 1.53. The van der Waals surface area contributed by atoms with Gasteiger partial charge in [0.15, 0.2) is 0 Å². The van der Waals surface area contributed by atoms with Crippen LogP contribution in [0.25, 0.3) is 0 Å². The van der Waals surface area contributed by atoms with Gasteiger partial charge in [0.2, 0.25) is 0 Å². The highest BCUT2D eigenvalue weighted by Gasteiger charge is 2.39. The Labute approximate surface area is 116 Å². The summed E-state index contributed by atoms with van der Waals surface area (Å²) >= 11 is 5.60. The summed E-state index contributed by atoms with van der Waals surface area (Å²) in [5.41, 5.74) is 1.53. The first-order chi connectivity index (χ1) is 8.33. The van der Waals surface area contributed by atoms with Gasteiger partial charge in [0.1, 0.15) is 0 Å². The molecule has 0 N–H and O–H groups in total. The SMILES string of the molecule is Brc1ccc([C@H]2C[C@H]2CN2CCSCC2)cc1. The Hall–Kier alpha value is 0.01000. The number of hydrogen-bond donors (Lipinski definition) is 0. The highest BCUT2D eigenvalue weighted by molar-refractivity contribution is 9.10. The van der Waals surface area contributed by atoms with Crippen molar-refractivity contribution < 1.29 is 0 Å². The van der Waals surface area contributed by atoms with Gasteiger partial charge in [-0.2, -0.15) is 11.8 Å². The minimum absolute atomic E-state index is 0.831. The van der Waals surface area contributed by atoms with Crippen LogP contribution in [0.3, 0.4) is 0 Å². The van der Waals surface area contributed by atoms with Crippen molar-refractivity contribution in [1.29, 1.82) is 0 Å². The lowest BCUT2D eigenvalue weighted by Gasteiger charge is -2.26. The number of nitrogens with zero attached hydrogens (tertiary/aromatic N) is 1. The molecule has 0 amide bonds. The van der Waals surface area contributed by atoms with Gasteiger partial charge in [-0.15, -0.1) is 0 Å².